The van der Waals surface area contributed by atoms with Crippen LogP contribution in [0, 0.1) is 5.92 Å². The number of aliphatic hydroxyl groups is 1. The molecule has 132 valence electrons. The minimum atomic E-state index is 0.0229. The number of carbonyl (C=O) groups excluding carboxylic acids is 1. The van der Waals surface area contributed by atoms with Gasteiger partial charge in [-0.05, 0) is 37.0 Å². The van der Waals surface area contributed by atoms with Gasteiger partial charge in [0.2, 0.25) is 5.91 Å². The molecule has 1 aromatic carbocycles. The third-order valence-corrected chi connectivity index (χ3v) is 5.00. The first-order valence-corrected chi connectivity index (χ1v) is 9.06. The molecule has 0 saturated carbocycles. The van der Waals surface area contributed by atoms with Gasteiger partial charge in [-0.15, -0.1) is 0 Å². The lowest BCUT2D eigenvalue weighted by molar-refractivity contribution is -0.139. The molecule has 0 aromatic heterocycles. The van der Waals surface area contributed by atoms with Crippen molar-refractivity contribution in [1.82, 2.24) is 9.80 Å². The zero-order valence-electron chi connectivity index (χ0n) is 14.5. The highest BCUT2D eigenvalue weighted by atomic mass is 16.5. The summed E-state index contributed by atoms with van der Waals surface area (Å²) in [4.78, 5) is 17.2. The Morgan fingerprint density at radius 3 is 2.96 bits per heavy atom. The molecule has 3 saturated heterocycles. The summed E-state index contributed by atoms with van der Waals surface area (Å²) < 4.78 is 5.50. The fraction of sp³-hybridized carbons (Fsp3) is 0.632. The number of rotatable bonds is 7. The van der Waals surface area contributed by atoms with E-state index in [9.17, 15) is 4.79 Å². The molecular weight excluding hydrogens is 304 g/mol. The van der Waals surface area contributed by atoms with Crippen LogP contribution >= 0.6 is 0 Å². The molecular formula is C19H28N2O3. The van der Waals surface area contributed by atoms with Gasteiger partial charge in [0.1, 0.15) is 12.4 Å². The van der Waals surface area contributed by atoms with E-state index in [2.05, 4.69) is 22.8 Å². The van der Waals surface area contributed by atoms with Crippen molar-refractivity contribution in [2.45, 2.75) is 38.8 Å². The molecule has 4 rings (SSSR count). The second-order valence-electron chi connectivity index (χ2n) is 6.87. The summed E-state index contributed by atoms with van der Waals surface area (Å²) in [6.45, 7) is 6.03. The van der Waals surface area contributed by atoms with Gasteiger partial charge in [-0.1, -0.05) is 19.1 Å². The Morgan fingerprint density at radius 1 is 1.29 bits per heavy atom. The maximum Gasteiger partial charge on any atom is 0.227 e. The highest BCUT2D eigenvalue weighted by Gasteiger charge is 2.39. The van der Waals surface area contributed by atoms with E-state index in [1.807, 2.05) is 18.2 Å². The number of nitrogens with zero attached hydrogens (tertiary/aromatic N) is 2. The van der Waals surface area contributed by atoms with Crippen LogP contribution in [0.25, 0.3) is 0 Å². The maximum atomic E-state index is 12.6. The highest BCUT2D eigenvalue weighted by molar-refractivity contribution is 5.80. The number of hydrogen-bond acceptors (Lipinski definition) is 4. The standard InChI is InChI=1S/C19H28N2O3/c1-2-8-21-17-7-6-16(19(21)23)13-20(14-17)12-15-4-3-5-18(11-15)24-10-9-22/h3-5,11,16-17,22H,2,6-10,12-14H2,1H3/t16-,17+/m0/s1. The SMILES string of the molecule is CCCN1C(=O)[C@H]2CC[C@@H]1CN(Cc1cccc(OCCO)c1)C2. The predicted molar refractivity (Wildman–Crippen MR) is 92.8 cm³/mol. The third kappa shape index (κ3) is 3.90. The quantitative estimate of drug-likeness (QED) is 0.828. The van der Waals surface area contributed by atoms with Crippen LogP contribution < -0.4 is 4.74 Å². The van der Waals surface area contributed by atoms with Gasteiger partial charge in [0.15, 0.2) is 0 Å². The minimum absolute atomic E-state index is 0.0229. The Bertz CT molecular complexity index is 563. The number of fused-ring (bicyclic) bond motifs is 4. The normalized spacial score (nSPS) is 24.2. The van der Waals surface area contributed by atoms with Crippen LogP contribution in [0.3, 0.4) is 0 Å². The maximum absolute atomic E-state index is 12.6. The summed E-state index contributed by atoms with van der Waals surface area (Å²) in [5, 5.41) is 8.88. The summed E-state index contributed by atoms with van der Waals surface area (Å²) >= 11 is 0. The Balaban J connectivity index is 1.67. The molecule has 1 aromatic rings. The van der Waals surface area contributed by atoms with E-state index in [1.54, 1.807) is 0 Å². The largest absolute Gasteiger partial charge is 0.491 e. The first-order valence-electron chi connectivity index (χ1n) is 9.06. The minimum Gasteiger partial charge on any atom is -0.491 e. The lowest BCUT2D eigenvalue weighted by Gasteiger charge is -2.35. The Kier molecular flexibility index (Phi) is 5.74. The predicted octanol–water partition coefficient (Wildman–Crippen LogP) is 1.89. The first kappa shape index (κ1) is 17.2. The van der Waals surface area contributed by atoms with Crippen molar-refractivity contribution in [3.63, 3.8) is 0 Å². The van der Waals surface area contributed by atoms with Gasteiger partial charge in [-0.25, -0.2) is 0 Å². The molecule has 5 heteroatoms. The molecule has 3 heterocycles. The molecule has 5 nitrogen and oxygen atoms in total. The molecule has 3 fully saturated rings. The second-order valence-corrected chi connectivity index (χ2v) is 6.87. The van der Waals surface area contributed by atoms with Gasteiger partial charge in [0, 0.05) is 32.2 Å². The zero-order valence-corrected chi connectivity index (χ0v) is 14.5. The van der Waals surface area contributed by atoms with E-state index in [0.29, 0.717) is 18.6 Å². The van der Waals surface area contributed by atoms with Crippen molar-refractivity contribution in [2.24, 2.45) is 5.92 Å². The monoisotopic (exact) mass is 332 g/mol. The van der Waals surface area contributed by atoms with Gasteiger partial charge in [-0.2, -0.15) is 0 Å². The summed E-state index contributed by atoms with van der Waals surface area (Å²) in [7, 11) is 0. The molecule has 0 spiro atoms. The highest BCUT2D eigenvalue weighted by Crippen LogP contribution is 2.30. The first-order chi connectivity index (χ1) is 11.7. The van der Waals surface area contributed by atoms with Gasteiger partial charge in [0.25, 0.3) is 0 Å². The smallest absolute Gasteiger partial charge is 0.227 e. The number of benzene rings is 1. The van der Waals surface area contributed by atoms with Crippen LogP contribution in [0.15, 0.2) is 24.3 Å². The van der Waals surface area contributed by atoms with E-state index < -0.39 is 0 Å². The van der Waals surface area contributed by atoms with E-state index >= 15 is 0 Å². The molecule has 2 bridgehead atoms. The number of carbonyl (C=O) groups is 1. The van der Waals surface area contributed by atoms with E-state index in [-0.39, 0.29) is 12.5 Å². The number of aliphatic hydroxyl groups excluding tert-OH is 1. The van der Waals surface area contributed by atoms with Gasteiger partial charge in [0.05, 0.1) is 12.5 Å². The number of hydrogen-bond donors (Lipinski definition) is 1. The van der Waals surface area contributed by atoms with Crippen LogP contribution in [0.4, 0.5) is 0 Å². The van der Waals surface area contributed by atoms with E-state index in [4.69, 9.17) is 9.84 Å². The van der Waals surface area contributed by atoms with Crippen LogP contribution in [0.5, 0.6) is 5.75 Å². The van der Waals surface area contributed by atoms with Crippen molar-refractivity contribution in [3.8, 4) is 5.75 Å². The van der Waals surface area contributed by atoms with E-state index in [1.165, 1.54) is 5.56 Å². The average Bonchev–Trinajstić information content (AvgIpc) is 2.85. The van der Waals surface area contributed by atoms with Crippen molar-refractivity contribution >= 4 is 5.91 Å². The van der Waals surface area contributed by atoms with E-state index in [0.717, 1.165) is 51.2 Å². The fourth-order valence-corrected chi connectivity index (χ4v) is 3.95. The van der Waals surface area contributed by atoms with Crippen molar-refractivity contribution in [1.29, 1.82) is 0 Å². The van der Waals surface area contributed by atoms with Crippen molar-refractivity contribution in [2.75, 3.05) is 32.8 Å². The molecule has 2 atom stereocenters. The molecule has 24 heavy (non-hydrogen) atoms. The summed E-state index contributed by atoms with van der Waals surface area (Å²) in [5.74, 6) is 1.31. The number of amides is 1. The molecule has 0 aliphatic carbocycles. The Morgan fingerprint density at radius 2 is 2.17 bits per heavy atom. The summed E-state index contributed by atoms with van der Waals surface area (Å²) in [5.41, 5.74) is 1.20. The molecule has 3 aliphatic rings. The lowest BCUT2D eigenvalue weighted by atomic mass is 9.94. The van der Waals surface area contributed by atoms with Gasteiger partial charge >= 0.3 is 0 Å². The second kappa shape index (κ2) is 7.99. The fourth-order valence-electron chi connectivity index (χ4n) is 3.95. The van der Waals surface area contributed by atoms with Crippen molar-refractivity contribution in [3.05, 3.63) is 29.8 Å². The lowest BCUT2D eigenvalue weighted by Crippen LogP contribution is -2.48. The molecule has 0 radical (unpaired) electrons. The Hall–Kier alpha value is -1.59. The van der Waals surface area contributed by atoms with Crippen LogP contribution in [-0.2, 0) is 11.3 Å². The third-order valence-electron chi connectivity index (χ3n) is 5.00. The van der Waals surface area contributed by atoms with Gasteiger partial charge < -0.3 is 14.7 Å². The van der Waals surface area contributed by atoms with Crippen LogP contribution in [0.1, 0.15) is 31.7 Å². The molecule has 1 amide bonds. The summed E-state index contributed by atoms with van der Waals surface area (Å²) in [6.07, 6.45) is 3.19. The van der Waals surface area contributed by atoms with Crippen molar-refractivity contribution < 1.29 is 14.6 Å². The topological polar surface area (TPSA) is 53.0 Å². The average molecular weight is 332 g/mol. The summed E-state index contributed by atoms with van der Waals surface area (Å²) in [6, 6.07) is 8.41. The number of ether oxygens (including phenoxy) is 1. The van der Waals surface area contributed by atoms with Gasteiger partial charge in [-0.3, -0.25) is 9.69 Å². The number of piperidine rings is 1. The molecule has 1 N–H and O–H groups in total. The molecule has 3 aliphatic heterocycles. The van der Waals surface area contributed by atoms with Crippen LogP contribution in [-0.4, -0.2) is 59.7 Å². The van der Waals surface area contributed by atoms with Crippen LogP contribution in [0.2, 0.25) is 0 Å². The molecule has 0 unspecified atom stereocenters. The zero-order chi connectivity index (χ0) is 16.9. The Labute approximate surface area is 144 Å².